The Labute approximate surface area is 166 Å². The van der Waals surface area contributed by atoms with Gasteiger partial charge in [0.25, 0.3) is 0 Å². The lowest BCUT2D eigenvalue weighted by Crippen LogP contribution is -2.21. The quantitative estimate of drug-likeness (QED) is 0.529. The first kappa shape index (κ1) is 19.5. The second kappa shape index (κ2) is 9.65. The fraction of sp³-hybridized carbons (Fsp3) is 0.182. The highest BCUT2D eigenvalue weighted by Gasteiger charge is 2.09. The van der Waals surface area contributed by atoms with E-state index in [4.69, 9.17) is 4.74 Å². The predicted molar refractivity (Wildman–Crippen MR) is 108 cm³/mol. The Bertz CT molecular complexity index is 856. The number of halogens is 2. The van der Waals surface area contributed by atoms with Crippen LogP contribution in [0.5, 0.6) is 5.75 Å². The molecule has 3 aromatic carbocycles. The van der Waals surface area contributed by atoms with Crippen LogP contribution in [0.15, 0.2) is 77.3 Å². The van der Waals surface area contributed by atoms with Gasteiger partial charge < -0.3 is 15.2 Å². The van der Waals surface area contributed by atoms with Gasteiger partial charge in [0.1, 0.15) is 18.2 Å². The van der Waals surface area contributed by atoms with Crippen molar-refractivity contribution < 1.29 is 14.2 Å². The van der Waals surface area contributed by atoms with Gasteiger partial charge in [-0.25, -0.2) is 4.39 Å². The maximum absolute atomic E-state index is 13.0. The maximum Gasteiger partial charge on any atom is 0.124 e. The van der Waals surface area contributed by atoms with E-state index in [0.29, 0.717) is 19.7 Å². The summed E-state index contributed by atoms with van der Waals surface area (Å²) in [6.45, 7) is 1.36. The lowest BCUT2D eigenvalue weighted by Gasteiger charge is -2.15. The number of benzene rings is 3. The summed E-state index contributed by atoms with van der Waals surface area (Å²) < 4.78 is 19.9. The van der Waals surface area contributed by atoms with Gasteiger partial charge in [-0.05, 0) is 41.5 Å². The minimum absolute atomic E-state index is 0.260. The summed E-state index contributed by atoms with van der Waals surface area (Å²) in [6, 6.07) is 21.6. The second-order valence-electron chi connectivity index (χ2n) is 6.22. The molecule has 140 valence electrons. The monoisotopic (exact) mass is 429 g/mol. The van der Waals surface area contributed by atoms with Crippen LogP contribution in [0.4, 0.5) is 4.39 Å². The molecule has 1 atom stereocenters. The third-order valence-electron chi connectivity index (χ3n) is 4.17. The van der Waals surface area contributed by atoms with Gasteiger partial charge >= 0.3 is 0 Å². The van der Waals surface area contributed by atoms with Gasteiger partial charge in [0.15, 0.2) is 0 Å². The molecule has 0 amide bonds. The molecule has 3 aromatic rings. The van der Waals surface area contributed by atoms with E-state index in [0.717, 1.165) is 26.9 Å². The molecule has 0 spiro atoms. The van der Waals surface area contributed by atoms with Crippen molar-refractivity contribution in [3.63, 3.8) is 0 Å². The molecular formula is C22H21BrFNO2. The summed E-state index contributed by atoms with van der Waals surface area (Å²) in [4.78, 5) is 0. The normalized spacial score (nSPS) is 12.0. The molecule has 0 fully saturated rings. The van der Waals surface area contributed by atoms with Crippen molar-refractivity contribution in [2.24, 2.45) is 0 Å². The molecule has 0 saturated carbocycles. The molecular weight excluding hydrogens is 409 g/mol. The molecule has 0 aliphatic rings. The van der Waals surface area contributed by atoms with Crippen LogP contribution in [0, 0.1) is 5.82 Å². The average Bonchev–Trinajstić information content (AvgIpc) is 2.69. The molecule has 27 heavy (non-hydrogen) atoms. The van der Waals surface area contributed by atoms with Crippen molar-refractivity contribution in [3.05, 3.63) is 99.8 Å². The Morgan fingerprint density at radius 2 is 1.74 bits per heavy atom. The Morgan fingerprint density at radius 3 is 2.48 bits per heavy atom. The number of hydrogen-bond acceptors (Lipinski definition) is 3. The summed E-state index contributed by atoms with van der Waals surface area (Å²) >= 11 is 3.48. The van der Waals surface area contributed by atoms with E-state index in [1.54, 1.807) is 12.1 Å². The Morgan fingerprint density at radius 1 is 1.00 bits per heavy atom. The van der Waals surface area contributed by atoms with Crippen molar-refractivity contribution in [2.75, 3.05) is 6.54 Å². The third-order valence-corrected chi connectivity index (χ3v) is 4.66. The van der Waals surface area contributed by atoms with E-state index in [1.807, 2.05) is 48.5 Å². The highest BCUT2D eigenvalue weighted by molar-refractivity contribution is 9.10. The summed E-state index contributed by atoms with van der Waals surface area (Å²) in [5.74, 6) is 0.494. The van der Waals surface area contributed by atoms with E-state index >= 15 is 0 Å². The van der Waals surface area contributed by atoms with Crippen LogP contribution >= 0.6 is 15.9 Å². The van der Waals surface area contributed by atoms with Crippen molar-refractivity contribution >= 4 is 15.9 Å². The van der Waals surface area contributed by atoms with Gasteiger partial charge in [0.05, 0.1) is 6.10 Å². The molecule has 0 aromatic heterocycles. The number of nitrogens with one attached hydrogen (secondary N) is 1. The van der Waals surface area contributed by atoms with Gasteiger partial charge in [-0.15, -0.1) is 0 Å². The van der Waals surface area contributed by atoms with Crippen LogP contribution in [0.1, 0.15) is 22.8 Å². The standard InChI is InChI=1S/C22H21BrFNO2/c23-19-8-11-22(27-15-16-6-9-20(24)10-7-16)18(12-19)13-25-14-21(26)17-4-2-1-3-5-17/h1-12,21,25-26H,13-15H2/t21-/m0/s1. The Balaban J connectivity index is 1.59. The smallest absolute Gasteiger partial charge is 0.124 e. The van der Waals surface area contributed by atoms with Crippen LogP contribution in [0.25, 0.3) is 0 Å². The zero-order valence-corrected chi connectivity index (χ0v) is 16.3. The summed E-state index contributed by atoms with van der Waals surface area (Å²) in [7, 11) is 0. The largest absolute Gasteiger partial charge is 0.489 e. The van der Waals surface area contributed by atoms with Gasteiger partial charge in [-0.1, -0.05) is 58.4 Å². The first-order chi connectivity index (χ1) is 13.1. The zero-order chi connectivity index (χ0) is 19.1. The number of rotatable bonds is 8. The lowest BCUT2D eigenvalue weighted by molar-refractivity contribution is 0.174. The summed E-state index contributed by atoms with van der Waals surface area (Å²) in [6.07, 6.45) is -0.568. The molecule has 0 bridgehead atoms. The summed E-state index contributed by atoms with van der Waals surface area (Å²) in [5.41, 5.74) is 2.76. The first-order valence-corrected chi connectivity index (χ1v) is 9.50. The fourth-order valence-corrected chi connectivity index (χ4v) is 3.11. The molecule has 0 heterocycles. The molecule has 0 saturated heterocycles. The van der Waals surface area contributed by atoms with Gasteiger partial charge in [-0.3, -0.25) is 0 Å². The molecule has 5 heteroatoms. The van der Waals surface area contributed by atoms with Crippen molar-refractivity contribution in [3.8, 4) is 5.75 Å². The van der Waals surface area contributed by atoms with Gasteiger partial charge in [0.2, 0.25) is 0 Å². The molecule has 2 N–H and O–H groups in total. The number of hydrogen-bond donors (Lipinski definition) is 2. The SMILES string of the molecule is O[C@@H](CNCc1cc(Br)ccc1OCc1ccc(F)cc1)c1ccccc1. The van der Waals surface area contributed by atoms with E-state index in [9.17, 15) is 9.50 Å². The number of ether oxygens (including phenoxy) is 1. The van der Waals surface area contributed by atoms with E-state index < -0.39 is 6.10 Å². The van der Waals surface area contributed by atoms with Crippen LogP contribution in [0.2, 0.25) is 0 Å². The summed E-state index contributed by atoms with van der Waals surface area (Å²) in [5, 5.41) is 13.5. The van der Waals surface area contributed by atoms with Crippen LogP contribution in [-0.2, 0) is 13.2 Å². The van der Waals surface area contributed by atoms with Gasteiger partial charge in [-0.2, -0.15) is 0 Å². The fourth-order valence-electron chi connectivity index (χ4n) is 2.71. The van der Waals surface area contributed by atoms with Crippen LogP contribution in [0.3, 0.4) is 0 Å². The van der Waals surface area contributed by atoms with E-state index in [-0.39, 0.29) is 5.82 Å². The average molecular weight is 430 g/mol. The van der Waals surface area contributed by atoms with Gasteiger partial charge in [0, 0.05) is 23.1 Å². The van der Waals surface area contributed by atoms with Crippen LogP contribution < -0.4 is 10.1 Å². The zero-order valence-electron chi connectivity index (χ0n) is 14.7. The molecule has 0 radical (unpaired) electrons. The predicted octanol–water partition coefficient (Wildman–Crippen LogP) is 4.99. The van der Waals surface area contributed by atoms with Crippen LogP contribution in [-0.4, -0.2) is 11.7 Å². The Hall–Kier alpha value is -2.21. The minimum atomic E-state index is -0.568. The van der Waals surface area contributed by atoms with E-state index in [2.05, 4.69) is 21.2 Å². The molecule has 3 nitrogen and oxygen atoms in total. The lowest BCUT2D eigenvalue weighted by atomic mass is 10.1. The second-order valence-corrected chi connectivity index (χ2v) is 7.14. The van der Waals surface area contributed by atoms with Crippen molar-refractivity contribution in [2.45, 2.75) is 19.3 Å². The molecule has 3 rings (SSSR count). The third kappa shape index (κ3) is 5.89. The molecule has 0 aliphatic heterocycles. The van der Waals surface area contributed by atoms with E-state index in [1.165, 1.54) is 12.1 Å². The minimum Gasteiger partial charge on any atom is -0.489 e. The Kier molecular flexibility index (Phi) is 6.98. The maximum atomic E-state index is 13.0. The topological polar surface area (TPSA) is 41.5 Å². The highest BCUT2D eigenvalue weighted by atomic mass is 79.9. The number of aliphatic hydroxyl groups excluding tert-OH is 1. The molecule has 0 aliphatic carbocycles. The molecule has 0 unspecified atom stereocenters. The highest BCUT2D eigenvalue weighted by Crippen LogP contribution is 2.24. The first-order valence-electron chi connectivity index (χ1n) is 8.71. The number of aliphatic hydroxyl groups is 1. The van der Waals surface area contributed by atoms with Crippen molar-refractivity contribution in [1.82, 2.24) is 5.32 Å². The van der Waals surface area contributed by atoms with Crippen molar-refractivity contribution in [1.29, 1.82) is 0 Å².